The Labute approximate surface area is 142 Å². The smallest absolute Gasteiger partial charge is 0.161 e. The summed E-state index contributed by atoms with van der Waals surface area (Å²) in [6.07, 6.45) is 0. The Kier molecular flexibility index (Phi) is 6.62. The van der Waals surface area contributed by atoms with E-state index < -0.39 is 0 Å². The molecule has 2 aromatic carbocycles. The van der Waals surface area contributed by atoms with Gasteiger partial charge in [0.2, 0.25) is 0 Å². The highest BCUT2D eigenvalue weighted by Gasteiger charge is 2.10. The fourth-order valence-electron chi connectivity index (χ4n) is 2.31. The first-order valence-electron chi connectivity index (χ1n) is 7.82. The van der Waals surface area contributed by atoms with E-state index >= 15 is 0 Å². The van der Waals surface area contributed by atoms with Gasteiger partial charge >= 0.3 is 0 Å². The van der Waals surface area contributed by atoms with Gasteiger partial charge in [-0.05, 0) is 42.3 Å². The second kappa shape index (κ2) is 8.92. The highest BCUT2D eigenvalue weighted by molar-refractivity contribution is 5.43. The fourth-order valence-corrected chi connectivity index (χ4v) is 2.31. The minimum absolute atomic E-state index is 0.0343. The summed E-state index contributed by atoms with van der Waals surface area (Å²) in [4.78, 5) is 0. The van der Waals surface area contributed by atoms with Crippen molar-refractivity contribution in [2.75, 3.05) is 20.3 Å². The van der Waals surface area contributed by atoms with Crippen molar-refractivity contribution in [3.05, 3.63) is 59.2 Å². The van der Waals surface area contributed by atoms with Crippen LogP contribution in [0.15, 0.2) is 42.5 Å². The van der Waals surface area contributed by atoms with Crippen molar-refractivity contribution in [1.82, 2.24) is 5.32 Å². The topological polar surface area (TPSA) is 74.5 Å². The van der Waals surface area contributed by atoms with Gasteiger partial charge in [0.25, 0.3) is 0 Å². The van der Waals surface area contributed by atoms with Crippen LogP contribution < -0.4 is 14.8 Å². The zero-order valence-corrected chi connectivity index (χ0v) is 14.0. The van der Waals surface area contributed by atoms with Crippen LogP contribution in [0, 0.1) is 11.3 Å². The van der Waals surface area contributed by atoms with Crippen molar-refractivity contribution in [3.63, 3.8) is 0 Å². The normalized spacial score (nSPS) is 11.6. The first kappa shape index (κ1) is 17.8. The van der Waals surface area contributed by atoms with E-state index in [0.29, 0.717) is 23.6 Å². The number of nitrogens with one attached hydrogen (secondary N) is 1. The van der Waals surface area contributed by atoms with Gasteiger partial charge in [-0.2, -0.15) is 5.26 Å². The molecule has 2 N–H and O–H groups in total. The number of aliphatic hydroxyl groups is 1. The number of nitrogens with zero attached hydrogens (tertiary/aromatic N) is 1. The molecule has 5 nitrogen and oxygen atoms in total. The number of ether oxygens (including phenoxy) is 2. The van der Waals surface area contributed by atoms with Crippen LogP contribution in [0.5, 0.6) is 11.5 Å². The molecule has 0 heterocycles. The highest BCUT2D eigenvalue weighted by Crippen LogP contribution is 2.30. The van der Waals surface area contributed by atoms with Gasteiger partial charge in [-0.15, -0.1) is 0 Å². The average Bonchev–Trinajstić information content (AvgIpc) is 2.64. The molecule has 0 saturated heterocycles. The number of rotatable bonds is 8. The molecule has 0 fully saturated rings. The van der Waals surface area contributed by atoms with Crippen LogP contribution in [0.25, 0.3) is 0 Å². The van der Waals surface area contributed by atoms with E-state index in [4.69, 9.17) is 19.8 Å². The van der Waals surface area contributed by atoms with E-state index in [-0.39, 0.29) is 19.3 Å². The van der Waals surface area contributed by atoms with Crippen LogP contribution in [0.1, 0.15) is 29.7 Å². The minimum atomic E-state index is -0.0343. The van der Waals surface area contributed by atoms with E-state index in [1.165, 1.54) is 0 Å². The predicted octanol–water partition coefficient (Wildman–Crippen LogP) is 2.79. The zero-order chi connectivity index (χ0) is 17.4. The molecule has 0 unspecified atom stereocenters. The Morgan fingerprint density at radius 3 is 2.54 bits per heavy atom. The number of methoxy groups -OCH3 is 1. The molecule has 0 aliphatic rings. The summed E-state index contributed by atoms with van der Waals surface area (Å²) in [6, 6.07) is 15.5. The van der Waals surface area contributed by atoms with Crippen molar-refractivity contribution in [3.8, 4) is 17.6 Å². The minimum Gasteiger partial charge on any atom is -0.493 e. The summed E-state index contributed by atoms with van der Waals surface area (Å²) >= 11 is 0. The Bertz CT molecular complexity index is 693. The van der Waals surface area contributed by atoms with Crippen LogP contribution in [0.4, 0.5) is 0 Å². The van der Waals surface area contributed by atoms with Crippen molar-refractivity contribution >= 4 is 0 Å². The quantitative estimate of drug-likeness (QED) is 0.780. The summed E-state index contributed by atoms with van der Waals surface area (Å²) in [5.41, 5.74) is 2.86. The van der Waals surface area contributed by atoms with Crippen molar-refractivity contribution in [1.29, 1.82) is 5.26 Å². The molecular formula is C19H22N2O3. The zero-order valence-electron chi connectivity index (χ0n) is 14.0. The van der Waals surface area contributed by atoms with Gasteiger partial charge in [-0.1, -0.05) is 18.2 Å². The van der Waals surface area contributed by atoms with Gasteiger partial charge < -0.3 is 19.9 Å². The molecule has 0 aliphatic carbocycles. The average molecular weight is 326 g/mol. The molecule has 24 heavy (non-hydrogen) atoms. The Morgan fingerprint density at radius 1 is 1.17 bits per heavy atom. The molecule has 0 aromatic heterocycles. The summed E-state index contributed by atoms with van der Waals surface area (Å²) in [5.74, 6) is 1.27. The summed E-state index contributed by atoms with van der Waals surface area (Å²) < 4.78 is 10.8. The maximum Gasteiger partial charge on any atom is 0.161 e. The van der Waals surface area contributed by atoms with Gasteiger partial charge in [-0.3, -0.25) is 0 Å². The largest absolute Gasteiger partial charge is 0.493 e. The molecule has 0 spiro atoms. The van der Waals surface area contributed by atoms with Gasteiger partial charge in [-0.25, -0.2) is 0 Å². The van der Waals surface area contributed by atoms with Crippen molar-refractivity contribution in [2.24, 2.45) is 0 Å². The number of hydrogen-bond donors (Lipinski definition) is 2. The lowest BCUT2D eigenvalue weighted by atomic mass is 10.1. The van der Waals surface area contributed by atoms with Crippen molar-refractivity contribution in [2.45, 2.75) is 19.5 Å². The lowest BCUT2D eigenvalue weighted by molar-refractivity contribution is 0.196. The van der Waals surface area contributed by atoms with Gasteiger partial charge in [0.15, 0.2) is 11.5 Å². The molecule has 1 atom stereocenters. The van der Waals surface area contributed by atoms with Gasteiger partial charge in [0, 0.05) is 12.6 Å². The van der Waals surface area contributed by atoms with Crippen LogP contribution >= 0.6 is 0 Å². The Hall–Kier alpha value is -2.55. The molecule has 0 aliphatic heterocycles. The monoisotopic (exact) mass is 326 g/mol. The Morgan fingerprint density at radius 2 is 1.92 bits per heavy atom. The summed E-state index contributed by atoms with van der Waals surface area (Å²) in [6.45, 7) is 2.99. The number of hydrogen-bond acceptors (Lipinski definition) is 5. The highest BCUT2D eigenvalue weighted by atomic mass is 16.5. The van der Waals surface area contributed by atoms with Gasteiger partial charge in [0.05, 0.1) is 25.3 Å². The van der Waals surface area contributed by atoms with Crippen LogP contribution in [0.3, 0.4) is 0 Å². The number of aliphatic hydroxyl groups excluding tert-OH is 1. The summed E-state index contributed by atoms with van der Waals surface area (Å²) in [7, 11) is 1.60. The van der Waals surface area contributed by atoms with E-state index in [1.54, 1.807) is 7.11 Å². The van der Waals surface area contributed by atoms with Crippen LogP contribution in [-0.2, 0) is 6.54 Å². The molecule has 0 amide bonds. The molecule has 2 aromatic rings. The summed E-state index contributed by atoms with van der Waals surface area (Å²) in [5, 5.41) is 21.1. The van der Waals surface area contributed by atoms with Gasteiger partial charge in [0.1, 0.15) is 6.61 Å². The second-order valence-corrected chi connectivity index (χ2v) is 5.39. The van der Waals surface area contributed by atoms with Crippen molar-refractivity contribution < 1.29 is 14.6 Å². The number of benzene rings is 2. The second-order valence-electron chi connectivity index (χ2n) is 5.39. The number of nitriles is 1. The van der Waals surface area contributed by atoms with E-state index in [2.05, 4.69) is 18.3 Å². The first-order chi connectivity index (χ1) is 11.7. The SMILES string of the molecule is COc1cc([C@H](C)NCc2ccc(C#N)cc2)ccc1OCCO. The Balaban J connectivity index is 2.00. The molecule has 126 valence electrons. The van der Waals surface area contributed by atoms with Crippen LogP contribution in [0.2, 0.25) is 0 Å². The fraction of sp³-hybridized carbons (Fsp3) is 0.316. The third kappa shape index (κ3) is 4.72. The molecule has 2 rings (SSSR count). The predicted molar refractivity (Wildman–Crippen MR) is 92.0 cm³/mol. The molecule has 5 heteroatoms. The third-order valence-corrected chi connectivity index (χ3v) is 3.73. The maximum atomic E-state index is 8.85. The van der Waals surface area contributed by atoms with E-state index in [9.17, 15) is 0 Å². The molecule has 0 bridgehead atoms. The van der Waals surface area contributed by atoms with E-state index in [1.807, 2.05) is 42.5 Å². The molecular weight excluding hydrogens is 304 g/mol. The lowest BCUT2D eigenvalue weighted by Gasteiger charge is -2.17. The third-order valence-electron chi connectivity index (χ3n) is 3.73. The lowest BCUT2D eigenvalue weighted by Crippen LogP contribution is -2.18. The standard InChI is InChI=1S/C19H22N2O3/c1-14(21-13-16-5-3-15(12-20)4-6-16)17-7-8-18(24-10-9-22)19(11-17)23-2/h3-8,11,14,21-22H,9-10,13H2,1-2H3/t14-/m0/s1. The maximum absolute atomic E-state index is 8.85. The first-order valence-corrected chi connectivity index (χ1v) is 7.82. The molecule has 0 radical (unpaired) electrons. The van der Waals surface area contributed by atoms with E-state index in [0.717, 1.165) is 11.1 Å². The molecule has 0 saturated carbocycles. The van der Waals surface area contributed by atoms with Crippen LogP contribution in [-0.4, -0.2) is 25.4 Å².